The van der Waals surface area contributed by atoms with Gasteiger partial charge in [0.25, 0.3) is 0 Å². The van der Waals surface area contributed by atoms with Crippen molar-refractivity contribution < 1.29 is 9.90 Å². The summed E-state index contributed by atoms with van der Waals surface area (Å²) in [7, 11) is 0. The lowest BCUT2D eigenvalue weighted by atomic mass is 9.78. The summed E-state index contributed by atoms with van der Waals surface area (Å²) in [4.78, 5) is 10.6. The third kappa shape index (κ3) is 1.99. The molecule has 1 unspecified atom stereocenters. The van der Waals surface area contributed by atoms with Gasteiger partial charge in [-0.05, 0) is 31.1 Å². The van der Waals surface area contributed by atoms with Gasteiger partial charge < -0.3 is 5.11 Å². The average Bonchev–Trinajstić information content (AvgIpc) is 2.26. The topological polar surface area (TPSA) is 37.3 Å². The summed E-state index contributed by atoms with van der Waals surface area (Å²) in [5, 5.41) is 8.75. The predicted octanol–water partition coefficient (Wildman–Crippen LogP) is 3.23. The summed E-state index contributed by atoms with van der Waals surface area (Å²) in [6.45, 7) is 8.67. The Morgan fingerprint density at radius 3 is 2.50 bits per heavy atom. The fraction of sp³-hybridized carbons (Fsp3) is 0.750. The number of rotatable bonds is 2. The van der Waals surface area contributed by atoms with Crippen LogP contribution in [-0.2, 0) is 4.79 Å². The van der Waals surface area contributed by atoms with Crippen molar-refractivity contribution in [2.24, 2.45) is 11.3 Å². The fourth-order valence-electron chi connectivity index (χ4n) is 2.44. The van der Waals surface area contributed by atoms with E-state index in [9.17, 15) is 4.79 Å². The van der Waals surface area contributed by atoms with E-state index in [1.165, 1.54) is 12.0 Å². The van der Waals surface area contributed by atoms with Crippen molar-refractivity contribution in [2.45, 2.75) is 47.0 Å². The van der Waals surface area contributed by atoms with Gasteiger partial charge in [0.1, 0.15) is 0 Å². The van der Waals surface area contributed by atoms with Crippen LogP contribution in [0.2, 0.25) is 0 Å². The quantitative estimate of drug-likeness (QED) is 0.688. The van der Waals surface area contributed by atoms with Gasteiger partial charge in [-0.15, -0.1) is 0 Å². The van der Waals surface area contributed by atoms with Crippen LogP contribution in [0.15, 0.2) is 11.1 Å². The van der Waals surface area contributed by atoms with Crippen LogP contribution in [0.1, 0.15) is 47.0 Å². The van der Waals surface area contributed by atoms with Crippen LogP contribution in [-0.4, -0.2) is 11.1 Å². The highest BCUT2D eigenvalue weighted by molar-refractivity contribution is 5.70. The maximum atomic E-state index is 10.6. The maximum Gasteiger partial charge on any atom is 0.307 e. The number of hydrogen-bond acceptors (Lipinski definition) is 1. The van der Waals surface area contributed by atoms with E-state index in [4.69, 9.17) is 5.11 Å². The first-order chi connectivity index (χ1) is 6.35. The number of carboxylic acids is 1. The highest BCUT2D eigenvalue weighted by atomic mass is 16.4. The zero-order valence-electron chi connectivity index (χ0n) is 9.55. The Labute approximate surface area is 86.0 Å². The molecule has 1 rings (SSSR count). The van der Waals surface area contributed by atoms with Crippen LogP contribution < -0.4 is 0 Å². The van der Waals surface area contributed by atoms with E-state index in [2.05, 4.69) is 20.8 Å². The molecule has 14 heavy (non-hydrogen) atoms. The lowest BCUT2D eigenvalue weighted by Gasteiger charge is -2.27. The SMILES string of the molecule is C/C(CC(=O)O)=C1\CCC(C)C1(C)C. The van der Waals surface area contributed by atoms with Gasteiger partial charge in [0.2, 0.25) is 0 Å². The molecule has 0 bridgehead atoms. The number of carboxylic acid groups (broad SMARTS) is 1. The molecule has 0 aromatic carbocycles. The smallest absolute Gasteiger partial charge is 0.307 e. The normalized spacial score (nSPS) is 29.0. The van der Waals surface area contributed by atoms with Crippen molar-refractivity contribution in [1.29, 1.82) is 0 Å². The molecule has 0 aromatic heterocycles. The maximum absolute atomic E-state index is 10.6. The minimum absolute atomic E-state index is 0.194. The molecule has 1 aliphatic rings. The van der Waals surface area contributed by atoms with Crippen molar-refractivity contribution in [3.8, 4) is 0 Å². The molecule has 80 valence electrons. The summed E-state index contributed by atoms with van der Waals surface area (Å²) in [6.07, 6.45) is 2.47. The van der Waals surface area contributed by atoms with Gasteiger partial charge in [0, 0.05) is 0 Å². The Morgan fingerprint density at radius 2 is 2.14 bits per heavy atom. The molecule has 0 radical (unpaired) electrons. The summed E-state index contributed by atoms with van der Waals surface area (Å²) in [5.41, 5.74) is 2.62. The molecule has 1 atom stereocenters. The van der Waals surface area contributed by atoms with Crippen molar-refractivity contribution in [3.05, 3.63) is 11.1 Å². The summed E-state index contributed by atoms with van der Waals surface area (Å²) >= 11 is 0. The van der Waals surface area contributed by atoms with Crippen LogP contribution in [0.4, 0.5) is 0 Å². The highest BCUT2D eigenvalue weighted by Gasteiger charge is 2.36. The van der Waals surface area contributed by atoms with Crippen LogP contribution >= 0.6 is 0 Å². The second-order valence-corrected chi connectivity index (χ2v) is 4.99. The van der Waals surface area contributed by atoms with E-state index in [1.807, 2.05) is 6.92 Å². The highest BCUT2D eigenvalue weighted by Crippen LogP contribution is 2.48. The molecule has 0 spiro atoms. The minimum atomic E-state index is -0.717. The van der Waals surface area contributed by atoms with Crippen LogP contribution in [0.3, 0.4) is 0 Å². The van der Waals surface area contributed by atoms with Gasteiger partial charge in [-0.1, -0.05) is 31.9 Å². The lowest BCUT2D eigenvalue weighted by Crippen LogP contribution is -2.17. The third-order valence-electron chi connectivity index (χ3n) is 3.77. The zero-order valence-corrected chi connectivity index (χ0v) is 9.55. The molecule has 0 aliphatic heterocycles. The Morgan fingerprint density at radius 1 is 1.57 bits per heavy atom. The molecule has 0 aromatic rings. The van der Waals surface area contributed by atoms with Crippen molar-refractivity contribution >= 4 is 5.97 Å². The van der Waals surface area contributed by atoms with E-state index in [-0.39, 0.29) is 11.8 Å². The number of aliphatic carboxylic acids is 1. The third-order valence-corrected chi connectivity index (χ3v) is 3.77. The standard InChI is InChI=1S/C12H20O2/c1-8(7-11(13)14)10-6-5-9(2)12(10,3)4/h9H,5-7H2,1-4H3,(H,13,14)/b10-8-. The first kappa shape index (κ1) is 11.3. The van der Waals surface area contributed by atoms with Crippen LogP contribution in [0, 0.1) is 11.3 Å². The molecule has 0 heterocycles. The molecule has 2 heteroatoms. The summed E-state index contributed by atoms with van der Waals surface area (Å²) in [6, 6.07) is 0. The van der Waals surface area contributed by atoms with Gasteiger partial charge in [-0.3, -0.25) is 4.79 Å². The first-order valence-corrected chi connectivity index (χ1v) is 5.26. The second kappa shape index (κ2) is 3.76. The Bertz CT molecular complexity index is 274. The monoisotopic (exact) mass is 196 g/mol. The van der Waals surface area contributed by atoms with Gasteiger partial charge in [0.05, 0.1) is 6.42 Å². The van der Waals surface area contributed by atoms with E-state index in [0.29, 0.717) is 5.92 Å². The molecule has 2 nitrogen and oxygen atoms in total. The minimum Gasteiger partial charge on any atom is -0.481 e. The molecule has 0 saturated heterocycles. The van der Waals surface area contributed by atoms with E-state index in [0.717, 1.165) is 12.0 Å². The van der Waals surface area contributed by atoms with Crippen molar-refractivity contribution in [2.75, 3.05) is 0 Å². The predicted molar refractivity (Wildman–Crippen MR) is 57.1 cm³/mol. The first-order valence-electron chi connectivity index (χ1n) is 5.26. The van der Waals surface area contributed by atoms with Gasteiger partial charge >= 0.3 is 5.97 Å². The Kier molecular flexibility index (Phi) is 3.03. The van der Waals surface area contributed by atoms with Gasteiger partial charge in [-0.25, -0.2) is 0 Å². The molecule has 1 saturated carbocycles. The van der Waals surface area contributed by atoms with Gasteiger partial charge in [-0.2, -0.15) is 0 Å². The van der Waals surface area contributed by atoms with Crippen molar-refractivity contribution in [1.82, 2.24) is 0 Å². The molecule has 1 aliphatic carbocycles. The van der Waals surface area contributed by atoms with E-state index >= 15 is 0 Å². The number of allylic oxidation sites excluding steroid dienone is 1. The molecule has 1 fully saturated rings. The average molecular weight is 196 g/mol. The van der Waals surface area contributed by atoms with Crippen LogP contribution in [0.25, 0.3) is 0 Å². The van der Waals surface area contributed by atoms with E-state index in [1.54, 1.807) is 0 Å². The number of carbonyl (C=O) groups is 1. The Hall–Kier alpha value is -0.790. The molecular weight excluding hydrogens is 176 g/mol. The zero-order chi connectivity index (χ0) is 10.9. The van der Waals surface area contributed by atoms with Gasteiger partial charge in [0.15, 0.2) is 0 Å². The largest absolute Gasteiger partial charge is 0.481 e. The van der Waals surface area contributed by atoms with Crippen LogP contribution in [0.5, 0.6) is 0 Å². The fourth-order valence-corrected chi connectivity index (χ4v) is 2.44. The number of hydrogen-bond donors (Lipinski definition) is 1. The molecular formula is C12H20O2. The Balaban J connectivity index is 2.92. The second-order valence-electron chi connectivity index (χ2n) is 4.99. The summed E-state index contributed by atoms with van der Waals surface area (Å²) in [5.74, 6) is -0.0494. The van der Waals surface area contributed by atoms with Crippen molar-refractivity contribution in [3.63, 3.8) is 0 Å². The lowest BCUT2D eigenvalue weighted by molar-refractivity contribution is -0.136. The van der Waals surface area contributed by atoms with E-state index < -0.39 is 5.97 Å². The summed E-state index contributed by atoms with van der Waals surface area (Å²) < 4.78 is 0. The molecule has 0 amide bonds. The molecule has 1 N–H and O–H groups in total.